The number of aliphatic imine (C=N–C) groups is 1. The van der Waals surface area contributed by atoms with Gasteiger partial charge in [-0.2, -0.15) is 4.99 Å². The summed E-state index contributed by atoms with van der Waals surface area (Å²) in [6, 6.07) is 21.8. The van der Waals surface area contributed by atoms with E-state index in [1.165, 1.54) is 46.4 Å². The fraction of sp³-hybridized carbons (Fsp3) is 0.312. The predicted molar refractivity (Wildman–Crippen MR) is 162 cm³/mol. The van der Waals surface area contributed by atoms with Gasteiger partial charge < -0.3 is 9.64 Å². The molecule has 1 aliphatic heterocycles. The van der Waals surface area contributed by atoms with Crippen LogP contribution in [0.25, 0.3) is 17.1 Å². The van der Waals surface area contributed by atoms with Crippen molar-refractivity contribution in [2.45, 2.75) is 44.9 Å². The van der Waals surface area contributed by atoms with Crippen molar-refractivity contribution in [2.24, 2.45) is 10.9 Å². The molecular weight excluding hydrogens is 575 g/mol. The summed E-state index contributed by atoms with van der Waals surface area (Å²) in [5.41, 5.74) is 4.94. The minimum atomic E-state index is -4.74. The van der Waals surface area contributed by atoms with Crippen LogP contribution in [0.3, 0.4) is 0 Å². The number of rotatable bonds is 8. The summed E-state index contributed by atoms with van der Waals surface area (Å²) in [7, 11) is 0. The van der Waals surface area contributed by atoms with Crippen molar-refractivity contribution >= 4 is 28.5 Å². The molecule has 0 N–H and O–H groups in total. The van der Waals surface area contributed by atoms with Gasteiger partial charge in [0.2, 0.25) is 5.91 Å². The SMILES string of the molecule is CCc1ccccc1N1CCCSC1=NC(=O)CC1CC1c1ccc(-c2ncn(-c3ccc(OC(F)(F)F)cc3)n2)cc1. The smallest absolute Gasteiger partial charge is 0.406 e. The Bertz CT molecular complexity index is 1620. The van der Waals surface area contributed by atoms with Crippen molar-refractivity contribution in [3.8, 4) is 22.8 Å². The lowest BCUT2D eigenvalue weighted by atomic mass is 10.1. The average molecular weight is 606 g/mol. The van der Waals surface area contributed by atoms with Crippen LogP contribution in [0.15, 0.2) is 84.1 Å². The first kappa shape index (κ1) is 29.0. The molecule has 0 bridgehead atoms. The Morgan fingerprint density at radius 1 is 1.07 bits per heavy atom. The first-order valence-electron chi connectivity index (χ1n) is 14.3. The Morgan fingerprint density at radius 2 is 1.84 bits per heavy atom. The molecule has 11 heteroatoms. The third kappa shape index (κ3) is 6.93. The van der Waals surface area contributed by atoms with E-state index in [-0.39, 0.29) is 17.6 Å². The molecule has 2 unspecified atom stereocenters. The zero-order chi connectivity index (χ0) is 30.0. The number of hydrogen-bond acceptors (Lipinski definition) is 5. The second-order valence-corrected chi connectivity index (χ2v) is 11.7. The fourth-order valence-electron chi connectivity index (χ4n) is 5.41. The van der Waals surface area contributed by atoms with Crippen molar-refractivity contribution < 1.29 is 22.7 Å². The van der Waals surface area contributed by atoms with Gasteiger partial charge in [-0.25, -0.2) is 9.67 Å². The normalized spacial score (nSPS) is 19.4. The topological polar surface area (TPSA) is 72.6 Å². The number of halogens is 3. The quantitative estimate of drug-likeness (QED) is 0.208. The molecule has 3 aromatic carbocycles. The van der Waals surface area contributed by atoms with Gasteiger partial charge in [0.05, 0.1) is 5.69 Å². The van der Waals surface area contributed by atoms with Gasteiger partial charge >= 0.3 is 6.36 Å². The predicted octanol–water partition coefficient (Wildman–Crippen LogP) is 7.42. The lowest BCUT2D eigenvalue weighted by molar-refractivity contribution is -0.274. The summed E-state index contributed by atoms with van der Waals surface area (Å²) in [5, 5.41) is 5.27. The van der Waals surface area contributed by atoms with E-state index in [0.717, 1.165) is 48.0 Å². The lowest BCUT2D eigenvalue weighted by Crippen LogP contribution is -2.35. The molecule has 7 nitrogen and oxygen atoms in total. The highest BCUT2D eigenvalue weighted by atomic mass is 32.2. The van der Waals surface area contributed by atoms with Crippen LogP contribution in [0.4, 0.5) is 18.9 Å². The standard InChI is InChI=1S/C32H30F3N5O2S/c1-2-21-6-3-4-7-28(21)39-16-5-17-43-31(39)37-29(41)19-24-18-27(24)22-8-10-23(11-9-22)30-36-20-40(38-30)25-12-14-26(15-13-25)42-32(33,34)35/h3-4,6-15,20,24,27H,2,5,16-19H2,1H3. The highest BCUT2D eigenvalue weighted by Crippen LogP contribution is 2.50. The zero-order valence-corrected chi connectivity index (χ0v) is 24.3. The Hall–Kier alpha value is -4.12. The minimum Gasteiger partial charge on any atom is -0.406 e. The summed E-state index contributed by atoms with van der Waals surface area (Å²) in [6.45, 7) is 3.01. The van der Waals surface area contributed by atoms with Crippen LogP contribution in [-0.4, -0.2) is 44.5 Å². The molecule has 0 radical (unpaired) electrons. The maximum atomic E-state index is 13.0. The minimum absolute atomic E-state index is 0.0692. The number of para-hydroxylation sites is 1. The van der Waals surface area contributed by atoms with E-state index in [1.54, 1.807) is 11.8 Å². The van der Waals surface area contributed by atoms with E-state index in [0.29, 0.717) is 23.9 Å². The molecule has 1 aromatic heterocycles. The number of alkyl halides is 3. The molecule has 222 valence electrons. The summed E-state index contributed by atoms with van der Waals surface area (Å²) in [5.74, 6) is 1.68. The van der Waals surface area contributed by atoms with Crippen LogP contribution in [0.5, 0.6) is 5.75 Å². The molecule has 1 saturated carbocycles. The highest BCUT2D eigenvalue weighted by Gasteiger charge is 2.39. The Labute approximate surface area is 251 Å². The van der Waals surface area contributed by atoms with Crippen LogP contribution >= 0.6 is 11.8 Å². The lowest BCUT2D eigenvalue weighted by Gasteiger charge is -2.31. The van der Waals surface area contributed by atoms with E-state index in [1.807, 2.05) is 36.4 Å². The molecule has 2 fully saturated rings. The number of amides is 1. The van der Waals surface area contributed by atoms with Gasteiger partial charge in [0.1, 0.15) is 12.1 Å². The molecule has 2 heterocycles. The average Bonchev–Trinajstić information content (AvgIpc) is 3.58. The molecule has 2 aliphatic rings. The van der Waals surface area contributed by atoms with Crippen molar-refractivity contribution in [3.05, 3.63) is 90.3 Å². The number of ether oxygens (including phenoxy) is 1. The van der Waals surface area contributed by atoms with Gasteiger partial charge in [-0.15, -0.1) is 18.3 Å². The van der Waals surface area contributed by atoms with Crippen LogP contribution < -0.4 is 9.64 Å². The van der Waals surface area contributed by atoms with Gasteiger partial charge in [0.25, 0.3) is 0 Å². The summed E-state index contributed by atoms with van der Waals surface area (Å²) < 4.78 is 42.7. The molecule has 4 aromatic rings. The van der Waals surface area contributed by atoms with Gasteiger partial charge in [-0.1, -0.05) is 61.2 Å². The molecule has 43 heavy (non-hydrogen) atoms. The first-order chi connectivity index (χ1) is 20.8. The van der Waals surface area contributed by atoms with Crippen molar-refractivity contribution in [3.63, 3.8) is 0 Å². The molecule has 2 atom stereocenters. The molecule has 1 amide bonds. The Kier molecular flexibility index (Phi) is 8.25. The van der Waals surface area contributed by atoms with E-state index in [4.69, 9.17) is 0 Å². The number of nitrogens with zero attached hydrogens (tertiary/aromatic N) is 5. The van der Waals surface area contributed by atoms with Crippen LogP contribution in [-0.2, 0) is 11.2 Å². The maximum Gasteiger partial charge on any atom is 0.573 e. The summed E-state index contributed by atoms with van der Waals surface area (Å²) >= 11 is 1.66. The van der Waals surface area contributed by atoms with E-state index < -0.39 is 6.36 Å². The number of aryl methyl sites for hydroxylation is 1. The Morgan fingerprint density at radius 3 is 2.58 bits per heavy atom. The number of thioether (sulfide) groups is 1. The summed E-state index contributed by atoms with van der Waals surface area (Å²) in [4.78, 5) is 24.1. The molecule has 0 spiro atoms. The fourth-order valence-corrected chi connectivity index (χ4v) is 6.37. The van der Waals surface area contributed by atoms with E-state index >= 15 is 0 Å². The van der Waals surface area contributed by atoms with Gasteiger partial charge in [-0.05, 0) is 72.6 Å². The number of amidine groups is 1. The van der Waals surface area contributed by atoms with Crippen LogP contribution in [0.1, 0.15) is 43.2 Å². The second-order valence-electron chi connectivity index (χ2n) is 10.6. The van der Waals surface area contributed by atoms with Gasteiger partial charge in [0.15, 0.2) is 11.0 Å². The first-order valence-corrected chi connectivity index (χ1v) is 15.2. The molecule has 6 rings (SSSR count). The highest BCUT2D eigenvalue weighted by molar-refractivity contribution is 8.14. The third-order valence-electron chi connectivity index (χ3n) is 7.65. The number of carbonyl (C=O) groups excluding carboxylic acids is 1. The monoisotopic (exact) mass is 605 g/mol. The number of benzene rings is 3. The summed E-state index contributed by atoms with van der Waals surface area (Å²) in [6.07, 6.45) is 0.137. The molecular formula is C32H30F3N5O2S. The number of hydrogen-bond donors (Lipinski definition) is 0. The molecule has 1 saturated heterocycles. The van der Waals surface area contributed by atoms with Crippen LogP contribution in [0, 0.1) is 5.92 Å². The maximum absolute atomic E-state index is 13.0. The Balaban J connectivity index is 1.07. The number of carbonyl (C=O) groups is 1. The van der Waals surface area contributed by atoms with Crippen molar-refractivity contribution in [2.75, 3.05) is 17.2 Å². The largest absolute Gasteiger partial charge is 0.573 e. The van der Waals surface area contributed by atoms with Gasteiger partial charge in [0, 0.05) is 30.0 Å². The van der Waals surface area contributed by atoms with E-state index in [2.05, 4.69) is 43.8 Å². The van der Waals surface area contributed by atoms with Crippen molar-refractivity contribution in [1.82, 2.24) is 14.8 Å². The third-order valence-corrected chi connectivity index (χ3v) is 8.72. The van der Waals surface area contributed by atoms with E-state index in [9.17, 15) is 18.0 Å². The molecule has 1 aliphatic carbocycles. The second kappa shape index (κ2) is 12.2. The zero-order valence-electron chi connectivity index (χ0n) is 23.5. The number of anilines is 1. The van der Waals surface area contributed by atoms with Gasteiger partial charge in [-0.3, -0.25) is 4.79 Å². The van der Waals surface area contributed by atoms with Crippen LogP contribution in [0.2, 0.25) is 0 Å². The van der Waals surface area contributed by atoms with Crippen molar-refractivity contribution in [1.29, 1.82) is 0 Å². The number of aromatic nitrogens is 3.